The van der Waals surface area contributed by atoms with Crippen molar-refractivity contribution >= 4 is 43.8 Å². The molecular formula is C37H52Br2O4. The zero-order valence-corrected chi connectivity index (χ0v) is 30.4. The van der Waals surface area contributed by atoms with Crippen LogP contribution in [0.25, 0.3) is 11.1 Å². The maximum absolute atomic E-state index is 12.1. The minimum atomic E-state index is -0.413. The van der Waals surface area contributed by atoms with E-state index in [4.69, 9.17) is 9.47 Å². The van der Waals surface area contributed by atoms with Gasteiger partial charge in [-0.25, -0.2) is 0 Å². The van der Waals surface area contributed by atoms with Crippen LogP contribution in [0, 0.1) is 0 Å². The Morgan fingerprint density at radius 1 is 0.581 bits per heavy atom. The van der Waals surface area contributed by atoms with Gasteiger partial charge in [0.1, 0.15) is 11.2 Å². The van der Waals surface area contributed by atoms with Crippen molar-refractivity contribution in [3.8, 4) is 11.1 Å². The molecule has 238 valence electrons. The van der Waals surface area contributed by atoms with Crippen molar-refractivity contribution in [3.63, 3.8) is 0 Å². The fourth-order valence-electron chi connectivity index (χ4n) is 6.34. The average molecular weight is 721 g/mol. The van der Waals surface area contributed by atoms with Crippen molar-refractivity contribution in [1.82, 2.24) is 0 Å². The Labute approximate surface area is 277 Å². The lowest BCUT2D eigenvalue weighted by Gasteiger charge is -2.33. The van der Waals surface area contributed by atoms with E-state index in [0.29, 0.717) is 12.8 Å². The Balaban J connectivity index is 1.60. The molecule has 43 heavy (non-hydrogen) atoms. The number of esters is 2. The average Bonchev–Trinajstić information content (AvgIpc) is 3.13. The smallest absolute Gasteiger partial charge is 0.306 e. The molecule has 0 saturated carbocycles. The Morgan fingerprint density at radius 2 is 0.930 bits per heavy atom. The second kappa shape index (κ2) is 16.1. The number of hydrogen-bond donors (Lipinski definition) is 0. The van der Waals surface area contributed by atoms with E-state index in [1.54, 1.807) is 0 Å². The standard InChI is InChI=1S/C37H52Br2O4/c1-35(2,3)42-33(40)17-13-9-7-11-15-23-37(24-16-12-8-10-14-18-34(41)43-36(4,5)6)31-25-27(38)19-21-29(31)30-22-20-28(39)26-32(30)37/h19-22,25-26H,7-18,23-24H2,1-6H3. The molecule has 0 aromatic heterocycles. The van der Waals surface area contributed by atoms with Crippen molar-refractivity contribution in [2.45, 2.75) is 148 Å². The summed E-state index contributed by atoms with van der Waals surface area (Å²) in [4.78, 5) is 24.1. The van der Waals surface area contributed by atoms with E-state index in [2.05, 4.69) is 68.3 Å². The number of unbranched alkanes of at least 4 members (excludes halogenated alkanes) is 8. The molecular weight excluding hydrogens is 668 g/mol. The van der Waals surface area contributed by atoms with E-state index in [0.717, 1.165) is 86.0 Å². The van der Waals surface area contributed by atoms with Crippen LogP contribution in [0.5, 0.6) is 0 Å². The second-order valence-electron chi connectivity index (χ2n) is 14.2. The fraction of sp³-hybridized carbons (Fsp3) is 0.622. The van der Waals surface area contributed by atoms with Gasteiger partial charge < -0.3 is 9.47 Å². The lowest BCUT2D eigenvalue weighted by Crippen LogP contribution is -2.25. The molecule has 0 saturated heterocycles. The summed E-state index contributed by atoms with van der Waals surface area (Å²) in [6.45, 7) is 11.5. The summed E-state index contributed by atoms with van der Waals surface area (Å²) in [5, 5.41) is 0. The highest BCUT2D eigenvalue weighted by atomic mass is 79.9. The molecule has 0 atom stereocenters. The van der Waals surface area contributed by atoms with Crippen LogP contribution >= 0.6 is 31.9 Å². The molecule has 6 heteroatoms. The summed E-state index contributed by atoms with van der Waals surface area (Å²) in [5.41, 5.74) is 4.79. The molecule has 2 aromatic rings. The van der Waals surface area contributed by atoms with E-state index in [1.807, 2.05) is 41.5 Å². The zero-order valence-electron chi connectivity index (χ0n) is 27.3. The molecule has 0 fully saturated rings. The molecule has 2 aromatic carbocycles. The van der Waals surface area contributed by atoms with Gasteiger partial charge in [-0.2, -0.15) is 0 Å². The zero-order chi connectivity index (χ0) is 31.7. The van der Waals surface area contributed by atoms with Crippen molar-refractivity contribution in [2.75, 3.05) is 0 Å². The Kier molecular flexibility index (Phi) is 13.4. The minimum Gasteiger partial charge on any atom is -0.460 e. The van der Waals surface area contributed by atoms with Crippen LogP contribution in [0.3, 0.4) is 0 Å². The predicted molar refractivity (Wildman–Crippen MR) is 184 cm³/mol. The monoisotopic (exact) mass is 718 g/mol. The van der Waals surface area contributed by atoms with Crippen molar-refractivity contribution < 1.29 is 19.1 Å². The van der Waals surface area contributed by atoms with Crippen LogP contribution in [-0.4, -0.2) is 23.1 Å². The number of hydrogen-bond acceptors (Lipinski definition) is 4. The first-order chi connectivity index (χ1) is 20.2. The van der Waals surface area contributed by atoms with E-state index in [1.165, 1.54) is 22.3 Å². The van der Waals surface area contributed by atoms with Gasteiger partial charge >= 0.3 is 11.9 Å². The van der Waals surface area contributed by atoms with Gasteiger partial charge in [-0.3, -0.25) is 9.59 Å². The van der Waals surface area contributed by atoms with E-state index >= 15 is 0 Å². The third-order valence-corrected chi connectivity index (χ3v) is 9.08. The first-order valence-electron chi connectivity index (χ1n) is 16.2. The normalized spacial score (nSPS) is 13.9. The van der Waals surface area contributed by atoms with E-state index in [9.17, 15) is 9.59 Å². The molecule has 4 nitrogen and oxygen atoms in total. The molecule has 0 heterocycles. The third-order valence-electron chi connectivity index (χ3n) is 8.09. The first kappa shape index (κ1) is 35.8. The second-order valence-corrected chi connectivity index (χ2v) is 16.0. The van der Waals surface area contributed by atoms with Crippen molar-refractivity contribution in [1.29, 1.82) is 0 Å². The number of carbonyl (C=O) groups excluding carboxylic acids is 2. The quantitative estimate of drug-likeness (QED) is 0.128. The predicted octanol–water partition coefficient (Wildman–Crippen LogP) is 11.6. The highest BCUT2D eigenvalue weighted by molar-refractivity contribution is 9.10. The third kappa shape index (κ3) is 11.3. The van der Waals surface area contributed by atoms with Crippen molar-refractivity contribution in [2.24, 2.45) is 0 Å². The molecule has 0 spiro atoms. The molecule has 1 aliphatic carbocycles. The number of ether oxygens (including phenoxy) is 2. The molecule has 0 unspecified atom stereocenters. The first-order valence-corrected chi connectivity index (χ1v) is 17.8. The van der Waals surface area contributed by atoms with Gasteiger partial charge in [0, 0.05) is 27.2 Å². The number of halogens is 2. The van der Waals surface area contributed by atoms with Gasteiger partial charge in [0.25, 0.3) is 0 Å². The van der Waals surface area contributed by atoms with Crippen molar-refractivity contribution in [3.05, 3.63) is 56.5 Å². The van der Waals surface area contributed by atoms with Gasteiger partial charge in [0.15, 0.2) is 0 Å². The molecule has 0 N–H and O–H groups in total. The van der Waals surface area contributed by atoms with Gasteiger partial charge in [0.05, 0.1) is 0 Å². The maximum Gasteiger partial charge on any atom is 0.306 e. The molecule has 0 amide bonds. The highest BCUT2D eigenvalue weighted by Crippen LogP contribution is 2.55. The number of benzene rings is 2. The van der Waals surface area contributed by atoms with Crippen LogP contribution < -0.4 is 0 Å². The SMILES string of the molecule is CC(C)(C)OC(=O)CCCCCCCC1(CCCCCCCC(=O)OC(C)(C)C)c2cc(Br)ccc2-c2ccc(Br)cc21. The van der Waals surface area contributed by atoms with Crippen LogP contribution in [-0.2, 0) is 24.5 Å². The summed E-state index contributed by atoms with van der Waals surface area (Å²) in [5.74, 6) is -0.182. The Morgan fingerprint density at radius 3 is 1.30 bits per heavy atom. The van der Waals surface area contributed by atoms with Crippen LogP contribution in [0.4, 0.5) is 0 Å². The number of rotatable bonds is 16. The fourth-order valence-corrected chi connectivity index (χ4v) is 7.06. The van der Waals surface area contributed by atoms with Gasteiger partial charge in [-0.1, -0.05) is 95.4 Å². The van der Waals surface area contributed by atoms with Crippen LogP contribution in [0.2, 0.25) is 0 Å². The molecule has 0 bridgehead atoms. The summed E-state index contributed by atoms with van der Waals surface area (Å²) in [6, 6.07) is 13.6. The van der Waals surface area contributed by atoms with Gasteiger partial charge in [-0.15, -0.1) is 0 Å². The summed E-state index contributed by atoms with van der Waals surface area (Å²) in [7, 11) is 0. The summed E-state index contributed by atoms with van der Waals surface area (Å²) >= 11 is 7.54. The summed E-state index contributed by atoms with van der Waals surface area (Å²) < 4.78 is 13.2. The van der Waals surface area contributed by atoms with Crippen LogP contribution in [0.1, 0.15) is 143 Å². The summed E-state index contributed by atoms with van der Waals surface area (Å²) in [6.07, 6.45) is 14.0. The minimum absolute atomic E-state index is 0.00868. The van der Waals surface area contributed by atoms with E-state index in [-0.39, 0.29) is 17.4 Å². The van der Waals surface area contributed by atoms with Crippen LogP contribution in [0.15, 0.2) is 45.3 Å². The Bertz CT molecular complexity index is 1130. The number of fused-ring (bicyclic) bond motifs is 3. The lowest BCUT2D eigenvalue weighted by atomic mass is 9.70. The molecule has 0 aliphatic heterocycles. The maximum atomic E-state index is 12.1. The van der Waals surface area contributed by atoms with E-state index < -0.39 is 11.2 Å². The number of carbonyl (C=O) groups is 2. The lowest BCUT2D eigenvalue weighted by molar-refractivity contribution is -0.156. The molecule has 0 radical (unpaired) electrons. The largest absolute Gasteiger partial charge is 0.460 e. The topological polar surface area (TPSA) is 52.6 Å². The Hall–Kier alpha value is -1.66. The molecule has 1 aliphatic rings. The highest BCUT2D eigenvalue weighted by Gasteiger charge is 2.42. The molecule has 3 rings (SSSR count). The van der Waals surface area contributed by atoms with Gasteiger partial charge in [-0.05, 0) is 114 Å². The van der Waals surface area contributed by atoms with Gasteiger partial charge in [0.2, 0.25) is 0 Å².